The van der Waals surface area contributed by atoms with E-state index in [-0.39, 0.29) is 5.60 Å². The number of rotatable bonds is 6. The Labute approximate surface area is 130 Å². The third-order valence-corrected chi connectivity index (χ3v) is 4.79. The molecule has 1 N–H and O–H groups in total. The predicted octanol–water partition coefficient (Wildman–Crippen LogP) is 3.71. The van der Waals surface area contributed by atoms with Gasteiger partial charge in [-0.15, -0.1) is 0 Å². The van der Waals surface area contributed by atoms with Crippen LogP contribution >= 0.6 is 15.9 Å². The van der Waals surface area contributed by atoms with E-state index < -0.39 is 0 Å². The van der Waals surface area contributed by atoms with Crippen molar-refractivity contribution in [1.82, 2.24) is 10.3 Å². The van der Waals surface area contributed by atoms with Crippen molar-refractivity contribution in [3.8, 4) is 0 Å². The van der Waals surface area contributed by atoms with E-state index >= 15 is 0 Å². The summed E-state index contributed by atoms with van der Waals surface area (Å²) in [7, 11) is 2.04. The van der Waals surface area contributed by atoms with Crippen LogP contribution in [0.2, 0.25) is 0 Å². The summed E-state index contributed by atoms with van der Waals surface area (Å²) < 4.78 is 7.25. The molecule has 1 atom stereocenters. The minimum absolute atomic E-state index is 0.0174. The number of likely N-dealkylation sites (N-methyl/N-ethyl adjacent to an activating group) is 1. The third-order valence-electron chi connectivity index (χ3n) is 4.32. The van der Waals surface area contributed by atoms with E-state index in [1.165, 1.54) is 19.3 Å². The van der Waals surface area contributed by atoms with Gasteiger partial charge in [0, 0.05) is 35.4 Å². The SMILES string of the molecule is CCOC1(C(Cc2ccc(Br)cn2)NC)CCCCC1. The van der Waals surface area contributed by atoms with Crippen molar-refractivity contribution in [3.63, 3.8) is 0 Å². The number of hydrogen-bond acceptors (Lipinski definition) is 3. The first-order valence-corrected chi connectivity index (χ1v) is 8.41. The average molecular weight is 341 g/mol. The van der Waals surface area contributed by atoms with Crippen LogP contribution in [0.25, 0.3) is 0 Å². The maximum absolute atomic E-state index is 6.22. The van der Waals surface area contributed by atoms with E-state index in [1.54, 1.807) is 0 Å². The van der Waals surface area contributed by atoms with Crippen LogP contribution in [0.3, 0.4) is 0 Å². The first-order valence-electron chi connectivity index (χ1n) is 7.62. The summed E-state index contributed by atoms with van der Waals surface area (Å²) in [6.07, 6.45) is 8.98. The molecule has 1 heterocycles. The average Bonchev–Trinajstić information content (AvgIpc) is 2.48. The molecule has 1 saturated carbocycles. The molecule has 20 heavy (non-hydrogen) atoms. The smallest absolute Gasteiger partial charge is 0.0838 e. The van der Waals surface area contributed by atoms with Gasteiger partial charge in [-0.3, -0.25) is 4.98 Å². The molecule has 1 aliphatic carbocycles. The second-order valence-corrected chi connectivity index (χ2v) is 6.49. The van der Waals surface area contributed by atoms with Gasteiger partial charge in [-0.25, -0.2) is 0 Å². The van der Waals surface area contributed by atoms with Gasteiger partial charge in [0.05, 0.1) is 5.60 Å². The Morgan fingerprint density at radius 1 is 1.35 bits per heavy atom. The normalized spacial score (nSPS) is 19.8. The highest BCUT2D eigenvalue weighted by Gasteiger charge is 2.40. The monoisotopic (exact) mass is 340 g/mol. The zero-order valence-electron chi connectivity index (χ0n) is 12.5. The van der Waals surface area contributed by atoms with Gasteiger partial charge in [-0.05, 0) is 54.9 Å². The van der Waals surface area contributed by atoms with Gasteiger partial charge in [0.1, 0.15) is 0 Å². The number of aromatic nitrogens is 1. The standard InChI is InChI=1S/C16H25BrN2O/c1-3-20-16(9-5-4-6-10-16)15(18-2)11-14-8-7-13(17)12-19-14/h7-8,12,15,18H,3-6,9-11H2,1-2H3. The molecule has 1 unspecified atom stereocenters. The Balaban J connectivity index is 2.13. The Morgan fingerprint density at radius 2 is 2.10 bits per heavy atom. The molecule has 0 aromatic carbocycles. The fourth-order valence-corrected chi connectivity index (χ4v) is 3.55. The van der Waals surface area contributed by atoms with Crippen LogP contribution in [0.5, 0.6) is 0 Å². The van der Waals surface area contributed by atoms with Gasteiger partial charge in [0.15, 0.2) is 0 Å². The van der Waals surface area contributed by atoms with Gasteiger partial charge in [0.2, 0.25) is 0 Å². The highest BCUT2D eigenvalue weighted by molar-refractivity contribution is 9.10. The summed E-state index contributed by atoms with van der Waals surface area (Å²) in [5.74, 6) is 0. The highest BCUT2D eigenvalue weighted by Crippen LogP contribution is 2.35. The molecule has 0 bridgehead atoms. The van der Waals surface area contributed by atoms with Crippen molar-refractivity contribution in [3.05, 3.63) is 28.5 Å². The molecule has 0 spiro atoms. The lowest BCUT2D eigenvalue weighted by molar-refractivity contribution is -0.0885. The highest BCUT2D eigenvalue weighted by atomic mass is 79.9. The zero-order valence-corrected chi connectivity index (χ0v) is 14.1. The lowest BCUT2D eigenvalue weighted by Crippen LogP contribution is -2.54. The summed E-state index contributed by atoms with van der Waals surface area (Å²) in [4.78, 5) is 4.51. The minimum Gasteiger partial charge on any atom is -0.374 e. The fraction of sp³-hybridized carbons (Fsp3) is 0.688. The molecule has 1 fully saturated rings. The molecule has 3 nitrogen and oxygen atoms in total. The molecular formula is C16H25BrN2O. The van der Waals surface area contributed by atoms with E-state index in [9.17, 15) is 0 Å². The van der Waals surface area contributed by atoms with Crippen LogP contribution in [-0.4, -0.2) is 30.3 Å². The summed E-state index contributed by atoms with van der Waals surface area (Å²) in [6, 6.07) is 4.48. The second-order valence-electron chi connectivity index (χ2n) is 5.57. The fourth-order valence-electron chi connectivity index (χ4n) is 3.32. The number of pyridine rings is 1. The number of nitrogens with one attached hydrogen (secondary N) is 1. The molecule has 0 saturated heterocycles. The van der Waals surface area contributed by atoms with Gasteiger partial charge in [-0.1, -0.05) is 19.3 Å². The van der Waals surface area contributed by atoms with E-state index in [0.717, 1.165) is 36.0 Å². The van der Waals surface area contributed by atoms with Crippen LogP contribution in [0, 0.1) is 0 Å². The predicted molar refractivity (Wildman–Crippen MR) is 85.9 cm³/mol. The van der Waals surface area contributed by atoms with Crippen molar-refractivity contribution in [2.24, 2.45) is 0 Å². The third kappa shape index (κ3) is 3.80. The number of nitrogens with zero attached hydrogens (tertiary/aromatic N) is 1. The van der Waals surface area contributed by atoms with Crippen molar-refractivity contribution in [2.75, 3.05) is 13.7 Å². The molecule has 0 aliphatic heterocycles. The maximum Gasteiger partial charge on any atom is 0.0838 e. The molecule has 0 amide bonds. The van der Waals surface area contributed by atoms with Crippen LogP contribution in [-0.2, 0) is 11.2 Å². The van der Waals surface area contributed by atoms with Gasteiger partial charge < -0.3 is 10.1 Å². The second kappa shape index (κ2) is 7.53. The van der Waals surface area contributed by atoms with Gasteiger partial charge in [0.25, 0.3) is 0 Å². The summed E-state index contributed by atoms with van der Waals surface area (Å²) in [5.41, 5.74) is 1.11. The van der Waals surface area contributed by atoms with Crippen molar-refractivity contribution < 1.29 is 4.74 Å². The Bertz CT molecular complexity index is 396. The van der Waals surface area contributed by atoms with E-state index in [4.69, 9.17) is 4.74 Å². The molecule has 1 aliphatic rings. The van der Waals surface area contributed by atoms with Crippen molar-refractivity contribution >= 4 is 15.9 Å². The largest absolute Gasteiger partial charge is 0.374 e. The summed E-state index contributed by atoms with van der Waals surface area (Å²) in [6.45, 7) is 2.88. The summed E-state index contributed by atoms with van der Waals surface area (Å²) in [5, 5.41) is 3.48. The molecule has 0 radical (unpaired) electrons. The quantitative estimate of drug-likeness (QED) is 0.856. The van der Waals surface area contributed by atoms with E-state index in [2.05, 4.69) is 45.3 Å². The van der Waals surface area contributed by atoms with Crippen molar-refractivity contribution in [2.45, 2.75) is 57.1 Å². The number of halogens is 1. The van der Waals surface area contributed by atoms with Gasteiger partial charge >= 0.3 is 0 Å². The first kappa shape index (κ1) is 15.9. The number of ether oxygens (including phenoxy) is 1. The number of hydrogen-bond donors (Lipinski definition) is 1. The Hall–Kier alpha value is -0.450. The van der Waals surface area contributed by atoms with Crippen LogP contribution in [0.15, 0.2) is 22.8 Å². The summed E-state index contributed by atoms with van der Waals surface area (Å²) >= 11 is 3.44. The topological polar surface area (TPSA) is 34.1 Å². The molecule has 1 aromatic rings. The lowest BCUT2D eigenvalue weighted by Gasteiger charge is -2.43. The Kier molecular flexibility index (Phi) is 6.00. The van der Waals surface area contributed by atoms with Crippen LogP contribution in [0.1, 0.15) is 44.7 Å². The van der Waals surface area contributed by atoms with Crippen LogP contribution < -0.4 is 5.32 Å². The van der Waals surface area contributed by atoms with E-state index in [0.29, 0.717) is 6.04 Å². The molecule has 112 valence electrons. The van der Waals surface area contributed by atoms with E-state index in [1.807, 2.05) is 13.2 Å². The molecule has 1 aromatic heterocycles. The minimum atomic E-state index is -0.0174. The first-order chi connectivity index (χ1) is 9.70. The van der Waals surface area contributed by atoms with Crippen molar-refractivity contribution in [1.29, 1.82) is 0 Å². The lowest BCUT2D eigenvalue weighted by atomic mass is 9.77. The van der Waals surface area contributed by atoms with Gasteiger partial charge in [-0.2, -0.15) is 0 Å². The zero-order chi connectivity index (χ0) is 14.4. The van der Waals surface area contributed by atoms with Crippen LogP contribution in [0.4, 0.5) is 0 Å². The molecule has 2 rings (SSSR count). The Morgan fingerprint density at radius 3 is 2.65 bits per heavy atom. The molecule has 4 heteroatoms. The molecular weight excluding hydrogens is 316 g/mol. The maximum atomic E-state index is 6.22.